The third-order valence-electron chi connectivity index (χ3n) is 3.74. The van der Waals surface area contributed by atoms with Crippen molar-refractivity contribution in [1.29, 1.82) is 0 Å². The van der Waals surface area contributed by atoms with Crippen molar-refractivity contribution < 1.29 is 17.4 Å². The molecule has 0 bridgehead atoms. The van der Waals surface area contributed by atoms with Gasteiger partial charge in [-0.2, -0.15) is 4.31 Å². The lowest BCUT2D eigenvalue weighted by Crippen LogP contribution is -2.30. The number of sulfonamides is 1. The minimum absolute atomic E-state index is 0.201. The molecule has 3 heterocycles. The summed E-state index contributed by atoms with van der Waals surface area (Å²) in [4.78, 5) is 4.45. The van der Waals surface area contributed by atoms with E-state index in [1.807, 2.05) is 19.9 Å². The summed E-state index contributed by atoms with van der Waals surface area (Å²) in [6.45, 7) is 4.49. The topological polar surface area (TPSA) is 89.4 Å². The van der Waals surface area contributed by atoms with E-state index in [1.54, 1.807) is 30.5 Å². The van der Waals surface area contributed by atoms with Crippen molar-refractivity contribution >= 4 is 21.8 Å². The molecule has 138 valence electrons. The van der Waals surface area contributed by atoms with Crippen molar-refractivity contribution in [3.63, 3.8) is 0 Å². The monoisotopic (exact) mass is 393 g/mol. The Hall–Kier alpha value is -2.10. The van der Waals surface area contributed by atoms with Gasteiger partial charge in [-0.15, -0.1) is 0 Å². The van der Waals surface area contributed by atoms with Gasteiger partial charge in [0.05, 0.1) is 17.0 Å². The third kappa shape index (κ3) is 4.00. The highest BCUT2D eigenvalue weighted by Crippen LogP contribution is 2.26. The number of pyridine rings is 1. The van der Waals surface area contributed by atoms with Crippen LogP contribution in [0.25, 0.3) is 11.5 Å². The molecule has 0 aromatic carbocycles. The number of thioether (sulfide) groups is 1. The number of nitrogens with zero attached hydrogens (tertiary/aromatic N) is 3. The van der Waals surface area contributed by atoms with Crippen LogP contribution in [0.3, 0.4) is 0 Å². The second kappa shape index (κ2) is 8.07. The summed E-state index contributed by atoms with van der Waals surface area (Å²) in [5, 5.41) is 4.72. The van der Waals surface area contributed by atoms with Gasteiger partial charge in [0.15, 0.2) is 5.76 Å². The van der Waals surface area contributed by atoms with Crippen LogP contribution >= 0.6 is 11.8 Å². The molecule has 0 unspecified atom stereocenters. The highest BCUT2D eigenvalue weighted by atomic mass is 32.2. The molecule has 3 aromatic rings. The zero-order chi connectivity index (χ0) is 18.6. The lowest BCUT2D eigenvalue weighted by Gasteiger charge is -2.18. The third-order valence-corrected chi connectivity index (χ3v) is 6.75. The molecule has 0 atom stereocenters. The van der Waals surface area contributed by atoms with Crippen LogP contribution in [0.2, 0.25) is 0 Å². The lowest BCUT2D eigenvalue weighted by atomic mass is 10.3. The van der Waals surface area contributed by atoms with Gasteiger partial charge in [0.2, 0.25) is 15.8 Å². The van der Waals surface area contributed by atoms with E-state index in [-0.39, 0.29) is 4.90 Å². The van der Waals surface area contributed by atoms with E-state index < -0.39 is 10.0 Å². The molecule has 0 aliphatic rings. The Morgan fingerprint density at radius 3 is 2.58 bits per heavy atom. The number of rotatable bonds is 8. The first-order valence-corrected chi connectivity index (χ1v) is 10.6. The first kappa shape index (κ1) is 18.7. The summed E-state index contributed by atoms with van der Waals surface area (Å²) in [6.07, 6.45) is 2.97. The van der Waals surface area contributed by atoms with Crippen molar-refractivity contribution in [2.75, 3.05) is 13.1 Å². The summed E-state index contributed by atoms with van der Waals surface area (Å²) in [6, 6.07) is 8.68. The van der Waals surface area contributed by atoms with Gasteiger partial charge >= 0.3 is 0 Å². The van der Waals surface area contributed by atoms with E-state index in [2.05, 4.69) is 10.1 Å². The average molecular weight is 393 g/mol. The Morgan fingerprint density at radius 1 is 1.15 bits per heavy atom. The lowest BCUT2D eigenvalue weighted by molar-refractivity contribution is 0.413. The number of hydrogen-bond acceptors (Lipinski definition) is 7. The van der Waals surface area contributed by atoms with Crippen LogP contribution in [0, 0.1) is 0 Å². The number of hydrogen-bond donors (Lipinski definition) is 0. The Morgan fingerprint density at radius 2 is 1.96 bits per heavy atom. The van der Waals surface area contributed by atoms with Crippen LogP contribution in [0.4, 0.5) is 0 Å². The smallest absolute Gasteiger partial charge is 0.244 e. The van der Waals surface area contributed by atoms with Crippen LogP contribution in [0.15, 0.2) is 61.7 Å². The molecular weight excluding hydrogens is 374 g/mol. The van der Waals surface area contributed by atoms with E-state index in [0.29, 0.717) is 35.4 Å². The van der Waals surface area contributed by atoms with Crippen LogP contribution in [0.5, 0.6) is 0 Å². The van der Waals surface area contributed by atoms with E-state index >= 15 is 0 Å². The van der Waals surface area contributed by atoms with Crippen molar-refractivity contribution in [2.45, 2.75) is 29.5 Å². The molecule has 26 heavy (non-hydrogen) atoms. The molecule has 0 aliphatic heterocycles. The summed E-state index contributed by atoms with van der Waals surface area (Å²) < 4.78 is 36.8. The fourth-order valence-corrected chi connectivity index (χ4v) is 4.51. The fourth-order valence-electron chi connectivity index (χ4n) is 2.38. The predicted octanol–water partition coefficient (Wildman–Crippen LogP) is 3.65. The molecule has 0 spiro atoms. The number of furan rings is 1. The molecular formula is C17H19N3O4S2. The summed E-state index contributed by atoms with van der Waals surface area (Å²) in [5.74, 6) is 1.75. The molecule has 0 aliphatic carbocycles. The molecule has 0 saturated carbocycles. The maximum absolute atomic E-state index is 12.4. The van der Waals surface area contributed by atoms with Gasteiger partial charge in [0.25, 0.3) is 0 Å². The molecule has 7 nitrogen and oxygen atoms in total. The van der Waals surface area contributed by atoms with Gasteiger partial charge in [0.1, 0.15) is 4.90 Å². The summed E-state index contributed by atoms with van der Waals surface area (Å²) in [5.41, 5.74) is 0.753. The summed E-state index contributed by atoms with van der Waals surface area (Å²) in [7, 11) is -3.48. The van der Waals surface area contributed by atoms with Crippen molar-refractivity contribution in [1.82, 2.24) is 14.4 Å². The minimum atomic E-state index is -3.48. The van der Waals surface area contributed by atoms with Gasteiger partial charge in [-0.05, 0) is 24.3 Å². The highest BCUT2D eigenvalue weighted by Gasteiger charge is 2.21. The van der Waals surface area contributed by atoms with Crippen LogP contribution in [-0.4, -0.2) is 36.0 Å². The van der Waals surface area contributed by atoms with E-state index in [9.17, 15) is 8.42 Å². The van der Waals surface area contributed by atoms with Crippen LogP contribution in [-0.2, 0) is 15.8 Å². The van der Waals surface area contributed by atoms with Gasteiger partial charge in [-0.25, -0.2) is 13.4 Å². The van der Waals surface area contributed by atoms with Gasteiger partial charge in [-0.1, -0.05) is 30.8 Å². The van der Waals surface area contributed by atoms with Crippen LogP contribution in [0.1, 0.15) is 19.5 Å². The Bertz CT molecular complexity index is 931. The van der Waals surface area contributed by atoms with Crippen molar-refractivity contribution in [3.8, 4) is 11.5 Å². The molecule has 0 amide bonds. The van der Waals surface area contributed by atoms with Crippen LogP contribution < -0.4 is 0 Å². The first-order chi connectivity index (χ1) is 12.5. The van der Waals surface area contributed by atoms with Gasteiger partial charge in [-0.3, -0.25) is 0 Å². The maximum atomic E-state index is 12.4. The minimum Gasteiger partial charge on any atom is -0.461 e. The molecule has 0 fully saturated rings. The van der Waals surface area contributed by atoms with Gasteiger partial charge in [0, 0.05) is 31.1 Å². The number of aromatic nitrogens is 2. The van der Waals surface area contributed by atoms with E-state index in [0.717, 1.165) is 5.69 Å². The quantitative estimate of drug-likeness (QED) is 0.540. The standard InChI is InChI=1S/C17H19N3O4S2/c1-3-20(4-2)26(21,22)14-7-8-17(18-11-14)25-12-13-10-16(24-19-13)15-6-5-9-23-15/h5-11H,3-4,12H2,1-2H3. The highest BCUT2D eigenvalue weighted by molar-refractivity contribution is 7.98. The molecule has 0 N–H and O–H groups in total. The maximum Gasteiger partial charge on any atom is 0.244 e. The molecule has 3 aromatic heterocycles. The Kier molecular flexibility index (Phi) is 5.80. The van der Waals surface area contributed by atoms with E-state index in [1.165, 1.54) is 22.3 Å². The largest absolute Gasteiger partial charge is 0.461 e. The zero-order valence-corrected chi connectivity index (χ0v) is 16.1. The zero-order valence-electron chi connectivity index (χ0n) is 14.5. The van der Waals surface area contributed by atoms with Crippen molar-refractivity contribution in [2.24, 2.45) is 0 Å². The molecule has 0 radical (unpaired) electrons. The Labute approximate surface area is 156 Å². The normalized spacial score (nSPS) is 12.0. The SMILES string of the molecule is CCN(CC)S(=O)(=O)c1ccc(SCc2cc(-c3ccco3)on2)nc1. The molecule has 9 heteroatoms. The second-order valence-electron chi connectivity index (χ2n) is 5.37. The predicted molar refractivity (Wildman–Crippen MR) is 98.1 cm³/mol. The average Bonchev–Trinajstić information content (AvgIpc) is 3.32. The molecule has 0 saturated heterocycles. The molecule has 3 rings (SSSR count). The second-order valence-corrected chi connectivity index (χ2v) is 8.30. The summed E-state index contributed by atoms with van der Waals surface area (Å²) >= 11 is 1.45. The fraction of sp³-hybridized carbons (Fsp3) is 0.294. The van der Waals surface area contributed by atoms with E-state index in [4.69, 9.17) is 8.94 Å². The Balaban J connectivity index is 1.65. The van der Waals surface area contributed by atoms with Crippen molar-refractivity contribution in [3.05, 3.63) is 48.5 Å². The first-order valence-electron chi connectivity index (χ1n) is 8.13. The van der Waals surface area contributed by atoms with Gasteiger partial charge < -0.3 is 8.94 Å².